The summed E-state index contributed by atoms with van der Waals surface area (Å²) in [6.45, 7) is 8.75. The van der Waals surface area contributed by atoms with Crippen LogP contribution in [-0.2, 0) is 4.79 Å². The maximum atomic E-state index is 12.2. The van der Waals surface area contributed by atoms with E-state index in [2.05, 4.69) is 12.2 Å². The monoisotopic (exact) mass is 270 g/mol. The van der Waals surface area contributed by atoms with Crippen LogP contribution in [0.15, 0.2) is 0 Å². The third-order valence-electron chi connectivity index (χ3n) is 3.68. The molecule has 1 fully saturated rings. The van der Waals surface area contributed by atoms with Crippen molar-refractivity contribution >= 4 is 12.0 Å². The van der Waals surface area contributed by atoms with Crippen LogP contribution in [0.1, 0.15) is 47.0 Å². The minimum absolute atomic E-state index is 0.185. The second kappa shape index (κ2) is 6.78. The molecule has 0 bridgehead atoms. The van der Waals surface area contributed by atoms with Crippen LogP contribution in [0.25, 0.3) is 0 Å². The Morgan fingerprint density at radius 2 is 1.95 bits per heavy atom. The van der Waals surface area contributed by atoms with Gasteiger partial charge in [-0.2, -0.15) is 0 Å². The standard InChI is InChI=1S/C14H26N2O3/c1-9(2)7-12(13(17)18)15-14(19)16-8-10(3)5-6-11(16)4/h9-12H,5-8H2,1-4H3,(H,15,19)(H,17,18)/t10?,11?,12-/m0/s1. The lowest BCUT2D eigenvalue weighted by Gasteiger charge is -2.37. The van der Waals surface area contributed by atoms with Gasteiger partial charge in [-0.15, -0.1) is 0 Å². The van der Waals surface area contributed by atoms with Gasteiger partial charge in [0.25, 0.3) is 0 Å². The van der Waals surface area contributed by atoms with Gasteiger partial charge in [0.2, 0.25) is 0 Å². The van der Waals surface area contributed by atoms with Gasteiger partial charge in [0, 0.05) is 12.6 Å². The van der Waals surface area contributed by atoms with E-state index in [9.17, 15) is 9.59 Å². The molecular weight excluding hydrogens is 244 g/mol. The van der Waals surface area contributed by atoms with Crippen LogP contribution < -0.4 is 5.32 Å². The van der Waals surface area contributed by atoms with E-state index in [4.69, 9.17) is 5.11 Å². The number of rotatable bonds is 4. The highest BCUT2D eigenvalue weighted by Gasteiger charge is 2.30. The number of carbonyl (C=O) groups excluding carboxylic acids is 1. The van der Waals surface area contributed by atoms with Crippen molar-refractivity contribution in [2.75, 3.05) is 6.54 Å². The molecule has 1 aliphatic rings. The number of amides is 2. The smallest absolute Gasteiger partial charge is 0.326 e. The Kier molecular flexibility index (Phi) is 5.63. The molecule has 0 aromatic heterocycles. The number of urea groups is 1. The van der Waals surface area contributed by atoms with Gasteiger partial charge in [0.15, 0.2) is 0 Å². The largest absolute Gasteiger partial charge is 0.480 e. The maximum Gasteiger partial charge on any atom is 0.326 e. The zero-order valence-corrected chi connectivity index (χ0v) is 12.3. The Hall–Kier alpha value is -1.26. The van der Waals surface area contributed by atoms with Crippen molar-refractivity contribution in [1.82, 2.24) is 10.2 Å². The summed E-state index contributed by atoms with van der Waals surface area (Å²) in [5.74, 6) is -0.241. The van der Waals surface area contributed by atoms with Crippen molar-refractivity contribution in [2.24, 2.45) is 11.8 Å². The fourth-order valence-electron chi connectivity index (χ4n) is 2.50. The fraction of sp³-hybridized carbons (Fsp3) is 0.857. The van der Waals surface area contributed by atoms with Crippen LogP contribution in [0.4, 0.5) is 4.79 Å². The van der Waals surface area contributed by atoms with Crippen molar-refractivity contribution in [1.29, 1.82) is 0 Å². The molecule has 2 N–H and O–H groups in total. The highest BCUT2D eigenvalue weighted by Crippen LogP contribution is 2.21. The molecule has 3 atom stereocenters. The second-order valence-corrected chi connectivity index (χ2v) is 6.15. The molecule has 0 aromatic carbocycles. The van der Waals surface area contributed by atoms with Gasteiger partial charge in [-0.1, -0.05) is 20.8 Å². The van der Waals surface area contributed by atoms with E-state index in [-0.39, 0.29) is 18.0 Å². The molecule has 19 heavy (non-hydrogen) atoms. The molecule has 1 heterocycles. The van der Waals surface area contributed by atoms with Crippen molar-refractivity contribution in [3.63, 3.8) is 0 Å². The topological polar surface area (TPSA) is 69.6 Å². The van der Waals surface area contributed by atoms with Crippen LogP contribution in [0, 0.1) is 11.8 Å². The summed E-state index contributed by atoms with van der Waals surface area (Å²) in [5, 5.41) is 11.8. The van der Waals surface area contributed by atoms with Gasteiger partial charge >= 0.3 is 12.0 Å². The van der Waals surface area contributed by atoms with Crippen LogP contribution in [0.2, 0.25) is 0 Å². The van der Waals surface area contributed by atoms with Crippen LogP contribution >= 0.6 is 0 Å². The van der Waals surface area contributed by atoms with Crippen LogP contribution in [0.5, 0.6) is 0 Å². The SMILES string of the molecule is CC(C)C[C@H](NC(=O)N1CC(C)CCC1C)C(=O)O. The fourth-order valence-corrected chi connectivity index (χ4v) is 2.50. The summed E-state index contributed by atoms with van der Waals surface area (Å²) in [5.41, 5.74) is 0. The van der Waals surface area contributed by atoms with E-state index < -0.39 is 12.0 Å². The van der Waals surface area contributed by atoms with Gasteiger partial charge in [-0.25, -0.2) is 9.59 Å². The Morgan fingerprint density at radius 1 is 1.32 bits per heavy atom. The molecule has 0 aliphatic carbocycles. The number of nitrogens with one attached hydrogen (secondary N) is 1. The van der Waals surface area contributed by atoms with Crippen LogP contribution in [0.3, 0.4) is 0 Å². The molecule has 110 valence electrons. The molecule has 2 unspecified atom stereocenters. The number of aliphatic carboxylic acids is 1. The van der Waals surface area contributed by atoms with Crippen molar-refractivity contribution in [2.45, 2.75) is 59.0 Å². The molecule has 5 nitrogen and oxygen atoms in total. The lowest BCUT2D eigenvalue weighted by Crippen LogP contribution is -2.53. The summed E-state index contributed by atoms with van der Waals surface area (Å²) >= 11 is 0. The number of carbonyl (C=O) groups is 2. The van der Waals surface area contributed by atoms with Gasteiger partial charge in [0.1, 0.15) is 6.04 Å². The Labute approximate surface area is 115 Å². The normalized spacial score (nSPS) is 25.2. The molecule has 2 amide bonds. The van der Waals surface area contributed by atoms with Gasteiger partial charge in [-0.3, -0.25) is 0 Å². The van der Waals surface area contributed by atoms with E-state index in [0.29, 0.717) is 18.9 Å². The third kappa shape index (κ3) is 4.73. The highest BCUT2D eigenvalue weighted by atomic mass is 16.4. The molecule has 1 aliphatic heterocycles. The molecule has 1 rings (SSSR count). The minimum Gasteiger partial charge on any atom is -0.480 e. The highest BCUT2D eigenvalue weighted by molar-refractivity contribution is 5.82. The average molecular weight is 270 g/mol. The molecular formula is C14H26N2O3. The number of hydrogen-bond donors (Lipinski definition) is 2. The van der Waals surface area contributed by atoms with E-state index in [1.807, 2.05) is 20.8 Å². The first kappa shape index (κ1) is 15.8. The molecule has 0 saturated carbocycles. The summed E-state index contributed by atoms with van der Waals surface area (Å²) in [6, 6.07) is -0.853. The summed E-state index contributed by atoms with van der Waals surface area (Å²) in [7, 11) is 0. The number of nitrogens with zero attached hydrogens (tertiary/aromatic N) is 1. The number of carboxylic acids is 1. The molecule has 5 heteroatoms. The Morgan fingerprint density at radius 3 is 2.47 bits per heavy atom. The Balaban J connectivity index is 2.62. The van der Waals surface area contributed by atoms with Crippen molar-refractivity contribution < 1.29 is 14.7 Å². The quantitative estimate of drug-likeness (QED) is 0.823. The number of hydrogen-bond acceptors (Lipinski definition) is 2. The zero-order chi connectivity index (χ0) is 14.6. The summed E-state index contributed by atoms with van der Waals surface area (Å²) < 4.78 is 0. The molecule has 0 radical (unpaired) electrons. The average Bonchev–Trinajstić information content (AvgIpc) is 2.30. The van der Waals surface area contributed by atoms with Gasteiger partial charge in [-0.05, 0) is 38.0 Å². The minimum atomic E-state index is -0.959. The molecule has 0 spiro atoms. The van der Waals surface area contributed by atoms with E-state index in [1.165, 1.54) is 0 Å². The number of carboxylic acid groups (broad SMARTS) is 1. The van der Waals surface area contributed by atoms with E-state index in [1.54, 1.807) is 4.90 Å². The maximum absolute atomic E-state index is 12.2. The van der Waals surface area contributed by atoms with Crippen molar-refractivity contribution in [3.05, 3.63) is 0 Å². The molecule has 0 aromatic rings. The van der Waals surface area contributed by atoms with E-state index >= 15 is 0 Å². The predicted octanol–water partition coefficient (Wildman–Crippen LogP) is 2.32. The Bertz CT molecular complexity index is 331. The zero-order valence-electron chi connectivity index (χ0n) is 12.3. The predicted molar refractivity (Wildman–Crippen MR) is 74.0 cm³/mol. The van der Waals surface area contributed by atoms with E-state index in [0.717, 1.165) is 12.8 Å². The molecule has 1 saturated heterocycles. The lowest BCUT2D eigenvalue weighted by molar-refractivity contribution is -0.139. The first-order valence-electron chi connectivity index (χ1n) is 7.11. The first-order chi connectivity index (χ1) is 8.81. The first-order valence-corrected chi connectivity index (χ1v) is 7.11. The number of likely N-dealkylation sites (tertiary alicyclic amines) is 1. The second-order valence-electron chi connectivity index (χ2n) is 6.15. The van der Waals surface area contributed by atoms with Gasteiger partial charge in [0.05, 0.1) is 0 Å². The van der Waals surface area contributed by atoms with Crippen molar-refractivity contribution in [3.8, 4) is 0 Å². The van der Waals surface area contributed by atoms with Crippen LogP contribution in [-0.4, -0.2) is 40.6 Å². The summed E-state index contributed by atoms with van der Waals surface area (Å²) in [6.07, 6.45) is 2.56. The lowest BCUT2D eigenvalue weighted by atomic mass is 9.95. The summed E-state index contributed by atoms with van der Waals surface area (Å²) in [4.78, 5) is 25.1. The van der Waals surface area contributed by atoms with Gasteiger partial charge < -0.3 is 15.3 Å². The third-order valence-corrected chi connectivity index (χ3v) is 3.68. The number of piperidine rings is 1.